The highest BCUT2D eigenvalue weighted by atomic mass is 16.3. The maximum absolute atomic E-state index is 11.5. The Bertz CT molecular complexity index is 1250. The molecule has 0 radical (unpaired) electrons. The van der Waals surface area contributed by atoms with E-state index in [1.807, 2.05) is 30.3 Å². The van der Waals surface area contributed by atoms with Crippen LogP contribution in [0, 0.1) is 23.2 Å². The van der Waals surface area contributed by atoms with Crippen molar-refractivity contribution in [3.05, 3.63) is 77.9 Å². The molecule has 1 aliphatic carbocycles. The summed E-state index contributed by atoms with van der Waals surface area (Å²) in [6, 6.07) is 18.0. The lowest BCUT2D eigenvalue weighted by molar-refractivity contribution is -0.121. The standard InChI is InChI=1S/C28H28N4O3/c1-19(34)28-30-14-15-32(28)26(18-33)11-4-20-2-5-21(6-3-20)22-7-9-23(10-8-22)24-16-25(17-24)31-27(35)12-13-29/h2-3,5-10,14-15,19,24-26,33-34H,12,16-18H2,1H3,(H,31,35)/t19-,24?,25?,26?/m0/s1. The molecular weight excluding hydrogens is 440 g/mol. The quantitative estimate of drug-likeness (QED) is 0.460. The van der Waals surface area contributed by atoms with Crippen molar-refractivity contribution in [2.24, 2.45) is 0 Å². The van der Waals surface area contributed by atoms with Crippen LogP contribution in [0.1, 0.15) is 61.2 Å². The maximum atomic E-state index is 11.5. The Hall–Kier alpha value is -3.91. The third-order valence-electron chi connectivity index (χ3n) is 6.31. The number of amides is 1. The van der Waals surface area contributed by atoms with E-state index in [1.165, 1.54) is 5.56 Å². The van der Waals surface area contributed by atoms with Crippen molar-refractivity contribution in [1.82, 2.24) is 14.9 Å². The van der Waals surface area contributed by atoms with Crippen LogP contribution in [0.5, 0.6) is 0 Å². The molecule has 1 unspecified atom stereocenters. The fourth-order valence-corrected chi connectivity index (χ4v) is 4.33. The van der Waals surface area contributed by atoms with Gasteiger partial charge in [0.1, 0.15) is 24.4 Å². The zero-order valence-corrected chi connectivity index (χ0v) is 19.6. The highest BCUT2D eigenvalue weighted by Crippen LogP contribution is 2.37. The fraction of sp³-hybridized carbons (Fsp3) is 0.321. The average molecular weight is 469 g/mol. The molecule has 1 saturated carbocycles. The summed E-state index contributed by atoms with van der Waals surface area (Å²) in [5.74, 6) is 6.88. The van der Waals surface area contributed by atoms with Crippen LogP contribution in [-0.2, 0) is 4.79 Å². The number of imidazole rings is 1. The number of nitrogens with one attached hydrogen (secondary N) is 1. The summed E-state index contributed by atoms with van der Waals surface area (Å²) < 4.78 is 1.69. The number of aliphatic hydroxyl groups excluding tert-OH is 2. The largest absolute Gasteiger partial charge is 0.393 e. The van der Waals surface area contributed by atoms with Gasteiger partial charge in [-0.05, 0) is 54.5 Å². The van der Waals surface area contributed by atoms with Crippen LogP contribution in [0.2, 0.25) is 0 Å². The van der Waals surface area contributed by atoms with Crippen molar-refractivity contribution in [2.75, 3.05) is 6.61 Å². The second-order valence-electron chi connectivity index (χ2n) is 8.80. The molecule has 2 aromatic carbocycles. The van der Waals surface area contributed by atoms with Crippen LogP contribution >= 0.6 is 0 Å². The van der Waals surface area contributed by atoms with Crippen LogP contribution < -0.4 is 5.32 Å². The topological polar surface area (TPSA) is 111 Å². The number of nitrogens with zero attached hydrogens (tertiary/aromatic N) is 3. The van der Waals surface area contributed by atoms with Crippen LogP contribution in [0.15, 0.2) is 60.9 Å². The summed E-state index contributed by atoms with van der Waals surface area (Å²) in [4.78, 5) is 15.7. The van der Waals surface area contributed by atoms with Gasteiger partial charge in [0.2, 0.25) is 5.91 Å². The first-order valence-corrected chi connectivity index (χ1v) is 11.7. The number of carbonyl (C=O) groups excluding carboxylic acids is 1. The molecule has 1 amide bonds. The lowest BCUT2D eigenvalue weighted by Gasteiger charge is -2.36. The molecule has 35 heavy (non-hydrogen) atoms. The second-order valence-corrected chi connectivity index (χ2v) is 8.80. The molecule has 1 aromatic heterocycles. The molecule has 178 valence electrons. The van der Waals surface area contributed by atoms with Gasteiger partial charge in [-0.25, -0.2) is 4.98 Å². The Labute approximate surface area is 205 Å². The van der Waals surface area contributed by atoms with Crippen molar-refractivity contribution in [3.8, 4) is 29.0 Å². The number of benzene rings is 2. The lowest BCUT2D eigenvalue weighted by Crippen LogP contribution is -2.43. The summed E-state index contributed by atoms with van der Waals surface area (Å²) in [5.41, 5.74) is 4.29. The van der Waals surface area contributed by atoms with Gasteiger partial charge in [-0.2, -0.15) is 5.26 Å². The second kappa shape index (κ2) is 11.0. The highest BCUT2D eigenvalue weighted by Gasteiger charge is 2.31. The van der Waals surface area contributed by atoms with Gasteiger partial charge < -0.3 is 20.1 Å². The monoisotopic (exact) mass is 468 g/mol. The Morgan fingerprint density at radius 2 is 1.83 bits per heavy atom. The van der Waals surface area contributed by atoms with Crippen molar-refractivity contribution in [1.29, 1.82) is 5.26 Å². The molecule has 3 N–H and O–H groups in total. The van der Waals surface area contributed by atoms with E-state index in [2.05, 4.69) is 46.4 Å². The van der Waals surface area contributed by atoms with Crippen LogP contribution in [0.3, 0.4) is 0 Å². The predicted octanol–water partition coefficient (Wildman–Crippen LogP) is 3.46. The van der Waals surface area contributed by atoms with Gasteiger partial charge in [0.25, 0.3) is 0 Å². The molecule has 3 aromatic rings. The maximum Gasteiger partial charge on any atom is 0.234 e. The molecule has 0 saturated heterocycles. The Kier molecular flexibility index (Phi) is 7.62. The molecule has 0 aliphatic heterocycles. The van der Waals surface area contributed by atoms with Crippen LogP contribution in [0.25, 0.3) is 11.1 Å². The summed E-state index contributed by atoms with van der Waals surface area (Å²) in [7, 11) is 0. The number of carbonyl (C=O) groups is 1. The number of hydrogen-bond donors (Lipinski definition) is 3. The highest BCUT2D eigenvalue weighted by molar-refractivity contribution is 5.78. The van der Waals surface area contributed by atoms with Crippen molar-refractivity contribution >= 4 is 5.91 Å². The molecule has 1 heterocycles. The fourth-order valence-electron chi connectivity index (χ4n) is 4.33. The molecule has 0 bridgehead atoms. The first kappa shape index (κ1) is 24.2. The molecule has 1 fully saturated rings. The molecule has 1 aliphatic rings. The van der Waals surface area contributed by atoms with E-state index < -0.39 is 12.1 Å². The first-order valence-electron chi connectivity index (χ1n) is 11.7. The van der Waals surface area contributed by atoms with Crippen LogP contribution in [-0.4, -0.2) is 38.3 Å². The Morgan fingerprint density at radius 3 is 2.43 bits per heavy atom. The number of hydrogen-bond acceptors (Lipinski definition) is 5. The molecule has 0 spiro atoms. The van der Waals surface area contributed by atoms with Crippen LogP contribution in [0.4, 0.5) is 0 Å². The van der Waals surface area contributed by atoms with Gasteiger partial charge in [0.05, 0.1) is 12.7 Å². The van der Waals surface area contributed by atoms with Gasteiger partial charge >= 0.3 is 0 Å². The van der Waals surface area contributed by atoms with Gasteiger partial charge in [-0.1, -0.05) is 48.2 Å². The SMILES string of the molecule is C[C@H](O)c1nccn1C(C#Cc1ccc(-c2ccc(C3CC(NC(=O)CC#N)C3)cc2)cc1)CO. The summed E-state index contributed by atoms with van der Waals surface area (Å²) in [6.45, 7) is 1.45. The summed E-state index contributed by atoms with van der Waals surface area (Å²) in [5, 5.41) is 31.1. The lowest BCUT2D eigenvalue weighted by atomic mass is 9.75. The van der Waals surface area contributed by atoms with E-state index in [-0.39, 0.29) is 25.0 Å². The molecule has 2 atom stereocenters. The average Bonchev–Trinajstić information content (AvgIpc) is 3.33. The Morgan fingerprint density at radius 1 is 1.17 bits per heavy atom. The zero-order valence-electron chi connectivity index (χ0n) is 19.6. The van der Waals surface area contributed by atoms with Crippen molar-refractivity contribution in [3.63, 3.8) is 0 Å². The van der Waals surface area contributed by atoms with Gasteiger partial charge in [-0.15, -0.1) is 0 Å². The van der Waals surface area contributed by atoms with E-state index in [9.17, 15) is 15.0 Å². The van der Waals surface area contributed by atoms with E-state index in [1.54, 1.807) is 23.9 Å². The van der Waals surface area contributed by atoms with E-state index in [0.29, 0.717) is 11.7 Å². The minimum Gasteiger partial charge on any atom is -0.393 e. The number of aliphatic hydroxyl groups is 2. The molecular formula is C28H28N4O3. The van der Waals surface area contributed by atoms with E-state index in [4.69, 9.17) is 5.26 Å². The third kappa shape index (κ3) is 5.78. The van der Waals surface area contributed by atoms with Gasteiger partial charge in [0.15, 0.2) is 0 Å². The van der Waals surface area contributed by atoms with E-state index >= 15 is 0 Å². The zero-order chi connectivity index (χ0) is 24.8. The van der Waals surface area contributed by atoms with E-state index in [0.717, 1.165) is 29.5 Å². The summed E-state index contributed by atoms with van der Waals surface area (Å²) >= 11 is 0. The number of nitriles is 1. The number of rotatable bonds is 7. The smallest absolute Gasteiger partial charge is 0.234 e. The van der Waals surface area contributed by atoms with Gasteiger partial charge in [-0.3, -0.25) is 4.79 Å². The molecule has 7 nitrogen and oxygen atoms in total. The van der Waals surface area contributed by atoms with Crippen molar-refractivity contribution in [2.45, 2.75) is 50.3 Å². The normalized spacial score (nSPS) is 18.3. The molecule has 4 rings (SSSR count). The minimum absolute atomic E-state index is 0.0865. The summed E-state index contributed by atoms with van der Waals surface area (Å²) in [6.07, 6.45) is 4.26. The van der Waals surface area contributed by atoms with Gasteiger partial charge in [0, 0.05) is 24.0 Å². The predicted molar refractivity (Wildman–Crippen MR) is 132 cm³/mol. The number of aromatic nitrogens is 2. The third-order valence-corrected chi connectivity index (χ3v) is 6.31. The minimum atomic E-state index is -0.743. The Balaban J connectivity index is 1.37. The first-order chi connectivity index (χ1) is 17.0. The molecule has 7 heteroatoms. The van der Waals surface area contributed by atoms with Crippen molar-refractivity contribution < 1.29 is 15.0 Å².